The third-order valence-electron chi connectivity index (χ3n) is 5.80. The highest BCUT2D eigenvalue weighted by atomic mass is 16.3. The lowest BCUT2D eigenvalue weighted by Crippen LogP contribution is -2.03. The first-order valence-corrected chi connectivity index (χ1v) is 10.6. The van der Waals surface area contributed by atoms with E-state index in [4.69, 9.17) is 10.7 Å². The van der Waals surface area contributed by atoms with E-state index in [-0.39, 0.29) is 5.75 Å². The Morgan fingerprint density at radius 1 is 0.967 bits per heavy atom. The molecule has 4 rings (SSSR count). The molecule has 4 heteroatoms. The molecule has 0 aliphatic carbocycles. The number of hydrogen-bond donors (Lipinski definition) is 2. The Kier molecular flexibility index (Phi) is 5.60. The van der Waals surface area contributed by atoms with Gasteiger partial charge in [0.15, 0.2) is 0 Å². The Balaban J connectivity index is 1.90. The van der Waals surface area contributed by atoms with Gasteiger partial charge in [0, 0.05) is 18.7 Å². The van der Waals surface area contributed by atoms with Crippen LogP contribution < -0.4 is 5.73 Å². The van der Waals surface area contributed by atoms with Crippen molar-refractivity contribution >= 4 is 11.0 Å². The smallest absolute Gasteiger partial charge is 0.141 e. The Morgan fingerprint density at radius 2 is 1.77 bits per heavy atom. The second-order valence-electron chi connectivity index (χ2n) is 7.93. The number of nitrogens with zero attached hydrogens (tertiary/aromatic N) is 2. The van der Waals surface area contributed by atoms with Gasteiger partial charge in [-0.1, -0.05) is 49.7 Å². The molecule has 0 amide bonds. The highest BCUT2D eigenvalue weighted by molar-refractivity contribution is 5.87. The number of phenolic OH excluding ortho intramolecular Hbond substituents is 1. The molecule has 0 spiro atoms. The number of benzene rings is 3. The highest BCUT2D eigenvalue weighted by Crippen LogP contribution is 2.34. The number of phenols is 1. The molecule has 0 unspecified atom stereocenters. The summed E-state index contributed by atoms with van der Waals surface area (Å²) in [6.45, 7) is 6.87. The fraction of sp³-hybridized carbons (Fsp3) is 0.269. The van der Waals surface area contributed by atoms with Crippen LogP contribution in [0.2, 0.25) is 0 Å². The molecule has 0 fully saturated rings. The lowest BCUT2D eigenvalue weighted by molar-refractivity contribution is 0.479. The van der Waals surface area contributed by atoms with Crippen molar-refractivity contribution < 1.29 is 5.11 Å². The van der Waals surface area contributed by atoms with E-state index in [1.54, 1.807) is 6.07 Å². The number of aromatic hydroxyl groups is 1. The molecule has 4 nitrogen and oxygen atoms in total. The van der Waals surface area contributed by atoms with Crippen LogP contribution in [0.4, 0.5) is 0 Å². The van der Waals surface area contributed by atoms with Crippen molar-refractivity contribution in [2.75, 3.05) is 0 Å². The van der Waals surface area contributed by atoms with Crippen LogP contribution in [0.25, 0.3) is 27.8 Å². The normalized spacial score (nSPS) is 11.3. The zero-order valence-corrected chi connectivity index (χ0v) is 17.9. The van der Waals surface area contributed by atoms with Gasteiger partial charge in [0.25, 0.3) is 0 Å². The van der Waals surface area contributed by atoms with Crippen LogP contribution in [0.15, 0.2) is 54.6 Å². The van der Waals surface area contributed by atoms with Gasteiger partial charge < -0.3 is 10.8 Å². The minimum absolute atomic E-state index is 0.265. The van der Waals surface area contributed by atoms with Crippen LogP contribution in [-0.2, 0) is 13.0 Å². The van der Waals surface area contributed by atoms with Gasteiger partial charge in [-0.05, 0) is 66.3 Å². The van der Waals surface area contributed by atoms with E-state index in [1.807, 2.05) is 19.1 Å². The van der Waals surface area contributed by atoms with E-state index in [2.05, 4.69) is 54.8 Å². The molecule has 3 aromatic carbocycles. The number of fused-ring (bicyclic) bond motifs is 1. The summed E-state index contributed by atoms with van der Waals surface area (Å²) in [7, 11) is 0. The predicted octanol–water partition coefficient (Wildman–Crippen LogP) is 5.82. The number of hydrogen-bond acceptors (Lipinski definition) is 3. The number of nitrogens with two attached hydrogens (primary N) is 1. The zero-order chi connectivity index (χ0) is 21.3. The first-order chi connectivity index (χ1) is 14.5. The summed E-state index contributed by atoms with van der Waals surface area (Å²) in [5, 5.41) is 10.7. The van der Waals surface area contributed by atoms with Crippen LogP contribution in [0, 0.1) is 13.8 Å². The summed E-state index contributed by atoms with van der Waals surface area (Å²) in [5.74, 6) is 1.26. The third kappa shape index (κ3) is 3.48. The van der Waals surface area contributed by atoms with Gasteiger partial charge >= 0.3 is 0 Å². The molecule has 0 saturated heterocycles. The van der Waals surface area contributed by atoms with Crippen molar-refractivity contribution in [3.05, 3.63) is 77.1 Å². The van der Waals surface area contributed by atoms with E-state index in [1.165, 1.54) is 16.7 Å². The maximum Gasteiger partial charge on any atom is 0.141 e. The third-order valence-corrected chi connectivity index (χ3v) is 5.80. The summed E-state index contributed by atoms with van der Waals surface area (Å²) in [5.41, 5.74) is 14.4. The van der Waals surface area contributed by atoms with E-state index >= 15 is 0 Å². The molecule has 0 saturated carbocycles. The lowest BCUT2D eigenvalue weighted by atomic mass is 9.95. The quantitative estimate of drug-likeness (QED) is 0.430. The molecule has 154 valence electrons. The van der Waals surface area contributed by atoms with Crippen molar-refractivity contribution in [3.63, 3.8) is 0 Å². The Morgan fingerprint density at radius 3 is 2.50 bits per heavy atom. The second kappa shape index (κ2) is 8.33. The molecular weight excluding hydrogens is 370 g/mol. The molecule has 0 aliphatic heterocycles. The monoisotopic (exact) mass is 399 g/mol. The topological polar surface area (TPSA) is 64.1 Å². The van der Waals surface area contributed by atoms with Crippen molar-refractivity contribution in [2.24, 2.45) is 5.73 Å². The number of imidazole rings is 1. The summed E-state index contributed by atoms with van der Waals surface area (Å²) in [6, 6.07) is 18.4. The van der Waals surface area contributed by atoms with E-state index < -0.39 is 0 Å². The lowest BCUT2D eigenvalue weighted by Gasteiger charge is -2.15. The standard InChI is InChI=1S/C26H29N3O/c1-4-5-10-24-28-25-17(2)11-14-23(30)26(25)29(24)20-12-13-21(18(3)15-20)22-9-7-6-8-19(22)16-27/h6-9,11-15,30H,4-5,10,16,27H2,1-3H3. The van der Waals surface area contributed by atoms with Gasteiger partial charge in [-0.3, -0.25) is 4.57 Å². The summed E-state index contributed by atoms with van der Waals surface area (Å²) in [4.78, 5) is 4.91. The van der Waals surface area contributed by atoms with Gasteiger partial charge in [0.2, 0.25) is 0 Å². The maximum absolute atomic E-state index is 10.7. The van der Waals surface area contributed by atoms with E-state index in [0.29, 0.717) is 6.54 Å². The molecule has 3 N–H and O–H groups in total. The van der Waals surface area contributed by atoms with Gasteiger partial charge in [-0.2, -0.15) is 0 Å². The molecule has 0 aliphatic rings. The van der Waals surface area contributed by atoms with Gasteiger partial charge in [0.05, 0.1) is 5.52 Å². The average molecular weight is 400 g/mol. The fourth-order valence-electron chi connectivity index (χ4n) is 4.17. The average Bonchev–Trinajstić information content (AvgIpc) is 3.15. The number of aryl methyl sites for hydroxylation is 3. The van der Waals surface area contributed by atoms with Crippen LogP contribution in [0.1, 0.15) is 42.3 Å². The maximum atomic E-state index is 10.7. The molecule has 0 atom stereocenters. The Bertz CT molecular complexity index is 1210. The number of unbranched alkanes of at least 4 members (excludes halogenated alkanes) is 1. The van der Waals surface area contributed by atoms with Gasteiger partial charge in [-0.25, -0.2) is 4.98 Å². The Labute approximate surface area is 178 Å². The molecular formula is C26H29N3O. The van der Waals surface area contributed by atoms with Crippen LogP contribution in [-0.4, -0.2) is 14.7 Å². The van der Waals surface area contributed by atoms with Crippen molar-refractivity contribution in [1.29, 1.82) is 0 Å². The van der Waals surface area contributed by atoms with Crippen molar-refractivity contribution in [2.45, 2.75) is 46.6 Å². The first-order valence-electron chi connectivity index (χ1n) is 10.6. The number of aromatic nitrogens is 2. The van der Waals surface area contributed by atoms with Crippen molar-refractivity contribution in [1.82, 2.24) is 9.55 Å². The molecule has 0 bridgehead atoms. The molecule has 30 heavy (non-hydrogen) atoms. The number of rotatable bonds is 6. The van der Waals surface area contributed by atoms with Crippen LogP contribution >= 0.6 is 0 Å². The summed E-state index contributed by atoms with van der Waals surface area (Å²) >= 11 is 0. The summed E-state index contributed by atoms with van der Waals surface area (Å²) in [6.07, 6.45) is 3.03. The highest BCUT2D eigenvalue weighted by Gasteiger charge is 2.18. The second-order valence-corrected chi connectivity index (χ2v) is 7.93. The molecule has 0 radical (unpaired) electrons. The fourth-order valence-corrected chi connectivity index (χ4v) is 4.17. The minimum atomic E-state index is 0.265. The molecule has 1 heterocycles. The summed E-state index contributed by atoms with van der Waals surface area (Å²) < 4.78 is 2.12. The van der Waals surface area contributed by atoms with Gasteiger partial charge in [0.1, 0.15) is 17.1 Å². The first kappa shape index (κ1) is 20.2. The van der Waals surface area contributed by atoms with Crippen molar-refractivity contribution in [3.8, 4) is 22.6 Å². The van der Waals surface area contributed by atoms with Crippen LogP contribution in [0.5, 0.6) is 5.75 Å². The minimum Gasteiger partial charge on any atom is -0.506 e. The largest absolute Gasteiger partial charge is 0.506 e. The van der Waals surface area contributed by atoms with E-state index in [9.17, 15) is 5.11 Å². The van der Waals surface area contributed by atoms with Gasteiger partial charge in [-0.15, -0.1) is 0 Å². The zero-order valence-electron chi connectivity index (χ0n) is 17.9. The van der Waals surface area contributed by atoms with Crippen LogP contribution in [0.3, 0.4) is 0 Å². The van der Waals surface area contributed by atoms with E-state index in [0.717, 1.165) is 52.9 Å². The molecule has 1 aromatic heterocycles. The molecule has 4 aromatic rings. The SMILES string of the molecule is CCCCc1nc2c(C)ccc(O)c2n1-c1ccc(-c2ccccc2CN)c(C)c1. The predicted molar refractivity (Wildman–Crippen MR) is 124 cm³/mol. The Hall–Kier alpha value is -3.11.